The van der Waals surface area contributed by atoms with Gasteiger partial charge in [0.2, 0.25) is 0 Å². The summed E-state index contributed by atoms with van der Waals surface area (Å²) in [6.45, 7) is 13.7. The van der Waals surface area contributed by atoms with Crippen molar-refractivity contribution >= 4 is 11.9 Å². The van der Waals surface area contributed by atoms with Crippen molar-refractivity contribution in [3.05, 3.63) is 0 Å². The molecule has 0 spiro atoms. The lowest BCUT2D eigenvalue weighted by atomic mass is 9.83. The van der Waals surface area contributed by atoms with Crippen LogP contribution in [0.1, 0.15) is 60.3 Å². The molecule has 0 aliphatic carbocycles. The van der Waals surface area contributed by atoms with Crippen molar-refractivity contribution in [2.24, 2.45) is 17.8 Å². The van der Waals surface area contributed by atoms with Gasteiger partial charge in [0.15, 0.2) is 5.92 Å². The Labute approximate surface area is 157 Å². The van der Waals surface area contributed by atoms with E-state index in [-0.39, 0.29) is 0 Å². The highest BCUT2D eigenvalue weighted by Crippen LogP contribution is 2.31. The van der Waals surface area contributed by atoms with Crippen molar-refractivity contribution in [3.63, 3.8) is 0 Å². The molecule has 26 heavy (non-hydrogen) atoms. The number of ether oxygens (including phenoxy) is 2. The SMILES string of the molecule is CC(C(=O)OC(C)(C)C1CC[NH2+]CC1)C(=O)OC(C)(C)C1CC[NH2+]CC1. The van der Waals surface area contributed by atoms with Crippen molar-refractivity contribution in [3.8, 4) is 0 Å². The van der Waals surface area contributed by atoms with E-state index in [0.717, 1.165) is 51.9 Å². The molecule has 6 nitrogen and oxygen atoms in total. The number of quaternary nitrogens is 2. The first kappa shape index (κ1) is 21.2. The van der Waals surface area contributed by atoms with Gasteiger partial charge in [0.1, 0.15) is 11.2 Å². The summed E-state index contributed by atoms with van der Waals surface area (Å²) in [4.78, 5) is 25.1. The average Bonchev–Trinajstić information content (AvgIpc) is 2.61. The van der Waals surface area contributed by atoms with Gasteiger partial charge < -0.3 is 20.1 Å². The predicted molar refractivity (Wildman–Crippen MR) is 98.3 cm³/mol. The first-order chi connectivity index (χ1) is 12.1. The van der Waals surface area contributed by atoms with E-state index in [0.29, 0.717) is 11.8 Å². The maximum Gasteiger partial charge on any atom is 0.320 e. The molecule has 0 saturated carbocycles. The van der Waals surface area contributed by atoms with E-state index in [1.54, 1.807) is 6.92 Å². The monoisotopic (exact) mass is 370 g/mol. The number of carbonyl (C=O) groups excluding carboxylic acids is 2. The molecule has 150 valence electrons. The van der Waals surface area contributed by atoms with E-state index >= 15 is 0 Å². The van der Waals surface area contributed by atoms with E-state index in [1.807, 2.05) is 27.7 Å². The number of nitrogens with two attached hydrogens (primary N) is 2. The highest BCUT2D eigenvalue weighted by atomic mass is 16.6. The van der Waals surface area contributed by atoms with Crippen LogP contribution in [0.2, 0.25) is 0 Å². The zero-order chi connectivity index (χ0) is 19.4. The lowest BCUT2D eigenvalue weighted by Crippen LogP contribution is -2.86. The minimum atomic E-state index is -0.890. The molecule has 2 aliphatic heterocycles. The fraction of sp³-hybridized carbons (Fsp3) is 0.900. The van der Waals surface area contributed by atoms with Crippen LogP contribution in [0.25, 0.3) is 0 Å². The van der Waals surface area contributed by atoms with Crippen molar-refractivity contribution in [2.75, 3.05) is 26.2 Å². The fourth-order valence-electron chi connectivity index (χ4n) is 4.20. The normalized spacial score (nSPS) is 20.8. The molecule has 0 aromatic carbocycles. The first-order valence-electron chi connectivity index (χ1n) is 10.2. The number of hydrogen-bond donors (Lipinski definition) is 2. The number of piperidine rings is 2. The topological polar surface area (TPSA) is 85.8 Å². The molecule has 0 aromatic heterocycles. The minimum Gasteiger partial charge on any atom is -0.459 e. The second-order valence-corrected chi connectivity index (χ2v) is 9.05. The Hall–Kier alpha value is -1.14. The molecule has 0 bridgehead atoms. The van der Waals surface area contributed by atoms with Crippen LogP contribution in [0.15, 0.2) is 0 Å². The number of carbonyl (C=O) groups is 2. The Bertz CT molecular complexity index is 448. The summed E-state index contributed by atoms with van der Waals surface area (Å²) in [6.07, 6.45) is 4.13. The number of rotatable bonds is 6. The summed E-state index contributed by atoms with van der Waals surface area (Å²) in [5, 5.41) is 4.58. The molecule has 0 unspecified atom stereocenters. The maximum atomic E-state index is 12.6. The van der Waals surface area contributed by atoms with Crippen LogP contribution in [0.5, 0.6) is 0 Å². The van der Waals surface area contributed by atoms with Crippen LogP contribution in [0.3, 0.4) is 0 Å². The molecule has 2 fully saturated rings. The molecule has 4 N–H and O–H groups in total. The molecule has 0 radical (unpaired) electrons. The second-order valence-electron chi connectivity index (χ2n) is 9.05. The van der Waals surface area contributed by atoms with Crippen molar-refractivity contribution < 1.29 is 29.7 Å². The Balaban J connectivity index is 1.90. The van der Waals surface area contributed by atoms with Crippen LogP contribution in [0, 0.1) is 17.8 Å². The molecule has 2 rings (SSSR count). The standard InChI is InChI=1S/C20H36N2O4/c1-14(17(23)25-19(2,3)15-6-10-21-11-7-15)18(24)26-20(4,5)16-8-12-22-13-9-16/h14-16,21-22H,6-13H2,1-5H3/p+2. The third-order valence-corrected chi connectivity index (χ3v) is 6.28. The highest BCUT2D eigenvalue weighted by molar-refractivity contribution is 5.94. The van der Waals surface area contributed by atoms with E-state index < -0.39 is 29.1 Å². The Kier molecular flexibility index (Phi) is 7.08. The molecule has 2 saturated heterocycles. The van der Waals surface area contributed by atoms with Gasteiger partial charge in [-0.1, -0.05) is 0 Å². The molecule has 0 amide bonds. The van der Waals surface area contributed by atoms with E-state index in [2.05, 4.69) is 10.6 Å². The largest absolute Gasteiger partial charge is 0.459 e. The van der Waals surface area contributed by atoms with Gasteiger partial charge in [-0.05, 0) is 34.6 Å². The van der Waals surface area contributed by atoms with Crippen LogP contribution in [-0.2, 0) is 19.1 Å². The summed E-state index contributed by atoms with van der Waals surface area (Å²) in [6, 6.07) is 0. The molecular formula is C20H38N2O4+2. The summed E-state index contributed by atoms with van der Waals surface area (Å²) in [5.41, 5.74) is -1.09. The Morgan fingerprint density at radius 3 is 1.38 bits per heavy atom. The van der Waals surface area contributed by atoms with Gasteiger partial charge in [-0.3, -0.25) is 9.59 Å². The Morgan fingerprint density at radius 2 is 1.08 bits per heavy atom. The molecule has 2 heterocycles. The van der Waals surface area contributed by atoms with Crippen LogP contribution in [-0.4, -0.2) is 49.3 Å². The quantitative estimate of drug-likeness (QED) is 0.517. The summed E-state index contributed by atoms with van der Waals surface area (Å²) < 4.78 is 11.5. The van der Waals surface area contributed by atoms with Crippen LogP contribution in [0.4, 0.5) is 0 Å². The number of esters is 2. The second kappa shape index (κ2) is 8.70. The zero-order valence-electron chi connectivity index (χ0n) is 17.2. The van der Waals surface area contributed by atoms with Crippen molar-refractivity contribution in [1.29, 1.82) is 0 Å². The van der Waals surface area contributed by atoms with Crippen molar-refractivity contribution in [2.45, 2.75) is 71.5 Å². The molecule has 2 aliphatic rings. The third kappa shape index (κ3) is 5.43. The van der Waals surface area contributed by atoms with Gasteiger partial charge in [-0.25, -0.2) is 0 Å². The minimum absolute atomic E-state index is 0.342. The number of hydrogen-bond acceptors (Lipinski definition) is 4. The first-order valence-corrected chi connectivity index (χ1v) is 10.2. The average molecular weight is 371 g/mol. The maximum absolute atomic E-state index is 12.6. The van der Waals surface area contributed by atoms with E-state index in [4.69, 9.17) is 9.47 Å². The smallest absolute Gasteiger partial charge is 0.320 e. The van der Waals surface area contributed by atoms with Crippen LogP contribution < -0.4 is 10.6 Å². The Morgan fingerprint density at radius 1 is 0.769 bits per heavy atom. The predicted octanol–water partition coefficient (Wildman–Crippen LogP) is 0.213. The molecule has 0 aromatic rings. The highest BCUT2D eigenvalue weighted by Gasteiger charge is 2.40. The van der Waals surface area contributed by atoms with Gasteiger partial charge in [-0.15, -0.1) is 0 Å². The van der Waals surface area contributed by atoms with Gasteiger partial charge >= 0.3 is 11.9 Å². The van der Waals surface area contributed by atoms with Crippen molar-refractivity contribution in [1.82, 2.24) is 0 Å². The lowest BCUT2D eigenvalue weighted by molar-refractivity contribution is -0.666. The van der Waals surface area contributed by atoms with Gasteiger partial charge in [0, 0.05) is 37.5 Å². The lowest BCUT2D eigenvalue weighted by Gasteiger charge is -2.37. The third-order valence-electron chi connectivity index (χ3n) is 6.28. The zero-order valence-corrected chi connectivity index (χ0v) is 17.2. The van der Waals surface area contributed by atoms with Gasteiger partial charge in [-0.2, -0.15) is 0 Å². The summed E-state index contributed by atoms with van der Waals surface area (Å²) in [5.74, 6) is -1.15. The van der Waals surface area contributed by atoms with Gasteiger partial charge in [0.25, 0.3) is 0 Å². The van der Waals surface area contributed by atoms with Crippen LogP contribution >= 0.6 is 0 Å². The summed E-state index contributed by atoms with van der Waals surface area (Å²) in [7, 11) is 0. The summed E-state index contributed by atoms with van der Waals surface area (Å²) >= 11 is 0. The molecule has 6 heteroatoms. The van der Waals surface area contributed by atoms with E-state index in [9.17, 15) is 9.59 Å². The van der Waals surface area contributed by atoms with Gasteiger partial charge in [0.05, 0.1) is 26.2 Å². The van der Waals surface area contributed by atoms with E-state index in [1.165, 1.54) is 0 Å². The molecule has 0 atom stereocenters. The fourth-order valence-corrected chi connectivity index (χ4v) is 4.20. The molecular weight excluding hydrogens is 332 g/mol.